The SMILES string of the molecule is C[C@@H](C(=O)Nc1c(F)cccc1F)N1CCCCCCC1. The van der Waals surface area contributed by atoms with Crippen LogP contribution in [0.2, 0.25) is 0 Å². The highest BCUT2D eigenvalue weighted by atomic mass is 19.1. The molecule has 1 saturated heterocycles. The van der Waals surface area contributed by atoms with E-state index in [-0.39, 0.29) is 17.6 Å². The lowest BCUT2D eigenvalue weighted by molar-refractivity contribution is -0.120. The second-order valence-corrected chi connectivity index (χ2v) is 5.57. The predicted molar refractivity (Wildman–Crippen MR) is 79.1 cm³/mol. The van der Waals surface area contributed by atoms with Crippen molar-refractivity contribution in [3.8, 4) is 0 Å². The van der Waals surface area contributed by atoms with Crippen LogP contribution in [0.25, 0.3) is 0 Å². The summed E-state index contributed by atoms with van der Waals surface area (Å²) in [6, 6.07) is 3.17. The number of carbonyl (C=O) groups is 1. The van der Waals surface area contributed by atoms with Crippen LogP contribution in [0.5, 0.6) is 0 Å². The van der Waals surface area contributed by atoms with Gasteiger partial charge in [-0.3, -0.25) is 9.69 Å². The van der Waals surface area contributed by atoms with Gasteiger partial charge in [0.15, 0.2) is 0 Å². The van der Waals surface area contributed by atoms with E-state index in [2.05, 4.69) is 10.2 Å². The zero-order valence-corrected chi connectivity index (χ0v) is 12.4. The number of hydrogen-bond donors (Lipinski definition) is 1. The van der Waals surface area contributed by atoms with Crippen molar-refractivity contribution in [3.05, 3.63) is 29.8 Å². The van der Waals surface area contributed by atoms with Crippen LogP contribution < -0.4 is 5.32 Å². The van der Waals surface area contributed by atoms with Gasteiger partial charge in [0.05, 0.1) is 6.04 Å². The summed E-state index contributed by atoms with van der Waals surface area (Å²) in [5, 5.41) is 2.38. The van der Waals surface area contributed by atoms with E-state index in [0.29, 0.717) is 0 Å². The molecule has 0 saturated carbocycles. The highest BCUT2D eigenvalue weighted by molar-refractivity contribution is 5.94. The predicted octanol–water partition coefficient (Wildman–Crippen LogP) is 3.56. The molecule has 0 radical (unpaired) electrons. The number of halogens is 2. The lowest BCUT2D eigenvalue weighted by Crippen LogP contribution is -2.43. The molecule has 116 valence electrons. The lowest BCUT2D eigenvalue weighted by atomic mass is 10.1. The van der Waals surface area contributed by atoms with E-state index in [4.69, 9.17) is 0 Å². The maximum absolute atomic E-state index is 13.6. The molecule has 0 aromatic heterocycles. The number of anilines is 1. The van der Waals surface area contributed by atoms with Gasteiger partial charge < -0.3 is 5.32 Å². The number of rotatable bonds is 3. The summed E-state index contributed by atoms with van der Waals surface area (Å²) in [4.78, 5) is 14.3. The number of hydrogen-bond acceptors (Lipinski definition) is 2. The fraction of sp³-hybridized carbons (Fsp3) is 0.562. The third-order valence-electron chi connectivity index (χ3n) is 4.03. The van der Waals surface area contributed by atoms with Gasteiger partial charge >= 0.3 is 0 Å². The largest absolute Gasteiger partial charge is 0.320 e. The molecule has 1 N–H and O–H groups in total. The molecule has 0 bridgehead atoms. The van der Waals surface area contributed by atoms with E-state index in [0.717, 1.165) is 38.1 Å². The summed E-state index contributed by atoms with van der Waals surface area (Å²) < 4.78 is 27.1. The Labute approximate surface area is 124 Å². The van der Waals surface area contributed by atoms with Gasteiger partial charge in [0.1, 0.15) is 17.3 Å². The van der Waals surface area contributed by atoms with Crippen molar-refractivity contribution in [1.82, 2.24) is 4.90 Å². The van der Waals surface area contributed by atoms with Crippen LogP contribution in [0.4, 0.5) is 14.5 Å². The molecule has 1 atom stereocenters. The van der Waals surface area contributed by atoms with Crippen LogP contribution in [-0.4, -0.2) is 29.9 Å². The molecule has 5 heteroatoms. The Balaban J connectivity index is 2.01. The summed E-state index contributed by atoms with van der Waals surface area (Å²) in [7, 11) is 0. The van der Waals surface area contributed by atoms with Crippen LogP contribution >= 0.6 is 0 Å². The Morgan fingerprint density at radius 2 is 1.62 bits per heavy atom. The smallest absolute Gasteiger partial charge is 0.241 e. The van der Waals surface area contributed by atoms with Gasteiger partial charge in [-0.2, -0.15) is 0 Å². The fourth-order valence-corrected chi connectivity index (χ4v) is 2.67. The highest BCUT2D eigenvalue weighted by Crippen LogP contribution is 2.19. The Morgan fingerprint density at radius 1 is 1.10 bits per heavy atom. The molecule has 0 unspecified atom stereocenters. The average molecular weight is 296 g/mol. The van der Waals surface area contributed by atoms with Gasteiger partial charge in [0, 0.05) is 0 Å². The summed E-state index contributed by atoms with van der Waals surface area (Å²) in [5.41, 5.74) is -0.360. The summed E-state index contributed by atoms with van der Waals surface area (Å²) in [6.45, 7) is 3.50. The number of nitrogens with zero attached hydrogens (tertiary/aromatic N) is 1. The molecule has 1 heterocycles. The molecule has 1 fully saturated rings. The Bertz CT molecular complexity index is 465. The van der Waals surface area contributed by atoms with Crippen molar-refractivity contribution < 1.29 is 13.6 Å². The Hall–Kier alpha value is -1.49. The zero-order chi connectivity index (χ0) is 15.2. The van der Waals surface area contributed by atoms with Gasteiger partial charge in [-0.05, 0) is 45.0 Å². The van der Waals surface area contributed by atoms with Crippen LogP contribution in [0.3, 0.4) is 0 Å². The zero-order valence-electron chi connectivity index (χ0n) is 12.4. The van der Waals surface area contributed by atoms with Gasteiger partial charge in [-0.1, -0.05) is 25.3 Å². The Kier molecular flexibility index (Phi) is 5.67. The first-order chi connectivity index (χ1) is 10.1. The minimum absolute atomic E-state index is 0.360. The van der Waals surface area contributed by atoms with Crippen LogP contribution in [0.15, 0.2) is 18.2 Å². The van der Waals surface area contributed by atoms with Crippen molar-refractivity contribution in [2.75, 3.05) is 18.4 Å². The maximum atomic E-state index is 13.6. The molecule has 21 heavy (non-hydrogen) atoms. The van der Waals surface area contributed by atoms with Crippen molar-refractivity contribution in [3.63, 3.8) is 0 Å². The quantitative estimate of drug-likeness (QED) is 0.925. The van der Waals surface area contributed by atoms with Gasteiger partial charge in [0.2, 0.25) is 5.91 Å². The minimum Gasteiger partial charge on any atom is -0.320 e. The first-order valence-electron chi connectivity index (χ1n) is 7.58. The van der Waals surface area contributed by atoms with Gasteiger partial charge in [-0.15, -0.1) is 0 Å². The first-order valence-corrected chi connectivity index (χ1v) is 7.58. The standard InChI is InChI=1S/C16H22F2N2O/c1-12(20-10-5-3-2-4-6-11-20)16(21)19-15-13(17)8-7-9-14(15)18/h7-9,12H,2-6,10-11H2,1H3,(H,19,21)/t12-/m0/s1. The lowest BCUT2D eigenvalue weighted by Gasteiger charge is -2.29. The summed E-state index contributed by atoms with van der Waals surface area (Å²) in [5.74, 6) is -1.86. The fourth-order valence-electron chi connectivity index (χ4n) is 2.67. The minimum atomic E-state index is -0.747. The third-order valence-corrected chi connectivity index (χ3v) is 4.03. The number of carbonyl (C=O) groups excluding carboxylic acids is 1. The maximum Gasteiger partial charge on any atom is 0.241 e. The van der Waals surface area contributed by atoms with Crippen LogP contribution in [0, 0.1) is 11.6 Å². The molecule has 2 rings (SSSR count). The van der Waals surface area contributed by atoms with Gasteiger partial charge in [0.25, 0.3) is 0 Å². The highest BCUT2D eigenvalue weighted by Gasteiger charge is 2.23. The molecule has 0 aliphatic carbocycles. The second kappa shape index (κ2) is 7.50. The van der Waals surface area contributed by atoms with Crippen molar-refractivity contribution in [2.45, 2.75) is 45.1 Å². The van der Waals surface area contributed by atoms with Crippen LogP contribution in [0.1, 0.15) is 39.0 Å². The number of amides is 1. The van der Waals surface area contributed by atoms with E-state index in [9.17, 15) is 13.6 Å². The molecular formula is C16H22F2N2O. The Morgan fingerprint density at radius 3 is 2.19 bits per heavy atom. The number of benzene rings is 1. The first kappa shape index (κ1) is 15.9. The molecule has 1 aromatic rings. The topological polar surface area (TPSA) is 32.3 Å². The van der Waals surface area contributed by atoms with E-state index in [1.54, 1.807) is 6.92 Å². The molecule has 1 aliphatic heterocycles. The number of likely N-dealkylation sites (tertiary alicyclic amines) is 1. The van der Waals surface area contributed by atoms with Crippen molar-refractivity contribution in [2.24, 2.45) is 0 Å². The monoisotopic (exact) mass is 296 g/mol. The van der Waals surface area contributed by atoms with E-state index in [1.807, 2.05) is 0 Å². The normalized spacial score (nSPS) is 18.6. The van der Waals surface area contributed by atoms with E-state index in [1.165, 1.54) is 25.3 Å². The van der Waals surface area contributed by atoms with Crippen molar-refractivity contribution in [1.29, 1.82) is 0 Å². The molecule has 1 amide bonds. The van der Waals surface area contributed by atoms with E-state index >= 15 is 0 Å². The third kappa shape index (κ3) is 4.24. The molecule has 1 aromatic carbocycles. The molecular weight excluding hydrogens is 274 g/mol. The molecule has 0 spiro atoms. The number of nitrogens with one attached hydrogen (secondary N) is 1. The van der Waals surface area contributed by atoms with Crippen LogP contribution in [-0.2, 0) is 4.79 Å². The second-order valence-electron chi connectivity index (χ2n) is 5.57. The molecule has 1 aliphatic rings. The molecule has 3 nitrogen and oxygen atoms in total. The van der Waals surface area contributed by atoms with E-state index < -0.39 is 11.6 Å². The summed E-state index contributed by atoms with van der Waals surface area (Å²) >= 11 is 0. The van der Waals surface area contributed by atoms with Crippen molar-refractivity contribution >= 4 is 11.6 Å². The van der Waals surface area contributed by atoms with Gasteiger partial charge in [-0.25, -0.2) is 8.78 Å². The average Bonchev–Trinajstić information content (AvgIpc) is 2.42. The summed E-state index contributed by atoms with van der Waals surface area (Å²) in [6.07, 6.45) is 5.71. The number of para-hydroxylation sites is 1.